The normalized spacial score (nSPS) is 13.8. The minimum absolute atomic E-state index is 0.587. The van der Waals surface area contributed by atoms with E-state index in [1.807, 2.05) is 97.8 Å². The molecule has 0 saturated carbocycles. The third-order valence-corrected chi connectivity index (χ3v) is 18.0. The second-order valence-corrected chi connectivity index (χ2v) is 19.5. The summed E-state index contributed by atoms with van der Waals surface area (Å²) < 4.78 is 21.4. The van der Waals surface area contributed by atoms with E-state index in [2.05, 4.69) is 118 Å². The molecule has 0 spiro atoms. The molecule has 11 rings (SSSR count). The third-order valence-electron chi connectivity index (χ3n) is 11.6. The van der Waals surface area contributed by atoms with Crippen molar-refractivity contribution in [3.05, 3.63) is 199 Å². The number of imidazole rings is 1. The van der Waals surface area contributed by atoms with Crippen LogP contribution in [0.2, 0.25) is 0 Å². The summed E-state index contributed by atoms with van der Waals surface area (Å²) in [5.74, 6) is 1.61. The largest absolute Gasteiger partial charge is 0.327 e. The van der Waals surface area contributed by atoms with Crippen LogP contribution in [0.25, 0.3) is 50.0 Å². The molecule has 0 bridgehead atoms. The number of para-hydroxylation sites is 2. The second-order valence-electron chi connectivity index (χ2n) is 14.7. The molecule has 0 radical (unpaired) electrons. The zero-order valence-electron chi connectivity index (χ0n) is 31.1. The SMILES string of the molecule is Cn1c(-c2cccc(C(F)c3ccc4c5c6c(ccc5n(-c5ccccn5)c4c3)Sc3ccccc3[Si]6(c3ccccc3)c3ccccc3)c2)nc2ccccc21. The van der Waals surface area contributed by atoms with Gasteiger partial charge in [0.15, 0.2) is 14.2 Å². The molecule has 3 aromatic heterocycles. The Labute approximate surface area is 334 Å². The molecule has 1 atom stereocenters. The zero-order chi connectivity index (χ0) is 38.1. The standard InChI is InChI=1S/C50H35FN4SSi/c1-54-40-22-9-8-21-39(40)53-50(54)35-16-14-15-33(31-35)48(51)34-26-27-38-42(32-34)55(46-25-12-13-30-52-46)41-28-29-44-49(47(38)41)57(36-17-4-2-5-18-36,37-19-6-3-7-20-37)45-24-11-10-23-43(45)56-44/h2-32,48H,1H3. The molecular weight excluding hydrogens is 736 g/mol. The lowest BCUT2D eigenvalue weighted by Crippen LogP contribution is -2.76. The van der Waals surface area contributed by atoms with Crippen molar-refractivity contribution in [1.29, 1.82) is 0 Å². The first-order valence-corrected chi connectivity index (χ1v) is 22.0. The van der Waals surface area contributed by atoms with Crippen LogP contribution in [-0.2, 0) is 7.05 Å². The van der Waals surface area contributed by atoms with Crippen LogP contribution in [0, 0.1) is 0 Å². The van der Waals surface area contributed by atoms with Crippen LogP contribution in [0.4, 0.5) is 4.39 Å². The van der Waals surface area contributed by atoms with Crippen LogP contribution < -0.4 is 20.7 Å². The molecule has 1 aliphatic heterocycles. The highest BCUT2D eigenvalue weighted by atomic mass is 32.2. The highest BCUT2D eigenvalue weighted by molar-refractivity contribution is 8.00. The number of aromatic nitrogens is 4. The predicted octanol–water partition coefficient (Wildman–Crippen LogP) is 9.63. The molecule has 10 aromatic rings. The van der Waals surface area contributed by atoms with Gasteiger partial charge in [-0.1, -0.05) is 139 Å². The lowest BCUT2D eigenvalue weighted by molar-refractivity contribution is 0.402. The van der Waals surface area contributed by atoms with Crippen LogP contribution in [0.3, 0.4) is 0 Å². The maximum Gasteiger partial charge on any atom is 0.182 e. The van der Waals surface area contributed by atoms with Gasteiger partial charge in [-0.3, -0.25) is 4.57 Å². The molecule has 0 aliphatic carbocycles. The lowest BCUT2D eigenvalue weighted by atomic mass is 9.99. The monoisotopic (exact) mass is 770 g/mol. The van der Waals surface area contributed by atoms with Gasteiger partial charge in [-0.25, -0.2) is 14.4 Å². The van der Waals surface area contributed by atoms with Crippen molar-refractivity contribution in [3.8, 4) is 17.2 Å². The van der Waals surface area contributed by atoms with E-state index in [1.165, 1.54) is 35.9 Å². The molecule has 57 heavy (non-hydrogen) atoms. The molecule has 4 heterocycles. The summed E-state index contributed by atoms with van der Waals surface area (Å²) in [5, 5.41) is 7.68. The summed E-state index contributed by atoms with van der Waals surface area (Å²) in [6.07, 6.45) is 0.469. The van der Waals surface area contributed by atoms with E-state index in [4.69, 9.17) is 9.97 Å². The first-order chi connectivity index (χ1) is 28.1. The fraction of sp³-hybridized carbons (Fsp3) is 0.0400. The topological polar surface area (TPSA) is 35.6 Å². The molecule has 272 valence electrons. The highest BCUT2D eigenvalue weighted by Crippen LogP contribution is 2.41. The van der Waals surface area contributed by atoms with Gasteiger partial charge < -0.3 is 4.57 Å². The van der Waals surface area contributed by atoms with Gasteiger partial charge in [0, 0.05) is 39.4 Å². The molecule has 4 nitrogen and oxygen atoms in total. The molecule has 7 aromatic carbocycles. The van der Waals surface area contributed by atoms with E-state index in [1.54, 1.807) is 0 Å². The molecule has 1 unspecified atom stereocenters. The van der Waals surface area contributed by atoms with Gasteiger partial charge in [-0.2, -0.15) is 0 Å². The van der Waals surface area contributed by atoms with E-state index in [0.717, 1.165) is 44.7 Å². The van der Waals surface area contributed by atoms with E-state index >= 15 is 4.39 Å². The summed E-state index contributed by atoms with van der Waals surface area (Å²) in [4.78, 5) is 12.3. The maximum atomic E-state index is 17.1. The maximum absolute atomic E-state index is 17.1. The van der Waals surface area contributed by atoms with E-state index < -0.39 is 14.2 Å². The fourth-order valence-electron chi connectivity index (χ4n) is 9.15. The van der Waals surface area contributed by atoms with Gasteiger partial charge in [-0.05, 0) is 86.5 Å². The van der Waals surface area contributed by atoms with Crippen molar-refractivity contribution in [3.63, 3.8) is 0 Å². The number of rotatable bonds is 6. The Kier molecular flexibility index (Phi) is 7.88. The van der Waals surface area contributed by atoms with E-state index in [9.17, 15) is 0 Å². The average Bonchev–Trinajstić information content (AvgIpc) is 3.80. The number of aryl methyl sites for hydroxylation is 1. The van der Waals surface area contributed by atoms with Crippen molar-refractivity contribution in [2.24, 2.45) is 7.05 Å². The summed E-state index contributed by atoms with van der Waals surface area (Å²) >= 11 is 1.85. The summed E-state index contributed by atoms with van der Waals surface area (Å²) in [6, 6.07) is 63.7. The molecule has 0 saturated heterocycles. The van der Waals surface area contributed by atoms with Gasteiger partial charge in [-0.15, -0.1) is 0 Å². The predicted molar refractivity (Wildman–Crippen MR) is 235 cm³/mol. The molecular formula is C50H35FN4SSi. The summed E-state index contributed by atoms with van der Waals surface area (Å²) in [5.41, 5.74) is 6.00. The number of pyridine rings is 1. The number of benzene rings is 7. The minimum Gasteiger partial charge on any atom is -0.327 e. The number of halogens is 1. The van der Waals surface area contributed by atoms with Crippen LogP contribution in [0.1, 0.15) is 17.3 Å². The van der Waals surface area contributed by atoms with Gasteiger partial charge >= 0.3 is 0 Å². The summed E-state index contributed by atoms with van der Waals surface area (Å²) in [7, 11) is -0.914. The number of hydrogen-bond donors (Lipinski definition) is 0. The average molecular weight is 771 g/mol. The van der Waals surface area contributed by atoms with Gasteiger partial charge in [0.25, 0.3) is 0 Å². The number of nitrogens with zero attached hydrogens (tertiary/aromatic N) is 4. The van der Waals surface area contributed by atoms with Crippen molar-refractivity contribution in [2.45, 2.75) is 16.0 Å². The Bertz CT molecular complexity index is 3100. The number of fused-ring (bicyclic) bond motifs is 7. The Hall–Kier alpha value is -6.54. The highest BCUT2D eigenvalue weighted by Gasteiger charge is 2.48. The van der Waals surface area contributed by atoms with E-state index in [-0.39, 0.29) is 0 Å². The van der Waals surface area contributed by atoms with Crippen molar-refractivity contribution in [1.82, 2.24) is 19.1 Å². The Morgan fingerprint density at radius 1 is 0.596 bits per heavy atom. The molecule has 1 aliphatic rings. The Balaban J connectivity index is 1.17. The van der Waals surface area contributed by atoms with Crippen LogP contribution in [0.5, 0.6) is 0 Å². The quantitative estimate of drug-likeness (QED) is 0.158. The van der Waals surface area contributed by atoms with Crippen molar-refractivity contribution >= 4 is 73.4 Å². The Morgan fingerprint density at radius 3 is 2.09 bits per heavy atom. The van der Waals surface area contributed by atoms with Crippen LogP contribution >= 0.6 is 11.8 Å². The second kappa shape index (κ2) is 13.3. The smallest absolute Gasteiger partial charge is 0.182 e. The van der Waals surface area contributed by atoms with Gasteiger partial charge in [0.2, 0.25) is 0 Å². The van der Waals surface area contributed by atoms with Crippen molar-refractivity contribution < 1.29 is 4.39 Å². The van der Waals surface area contributed by atoms with Crippen LogP contribution in [0.15, 0.2) is 198 Å². The zero-order valence-corrected chi connectivity index (χ0v) is 32.9. The molecule has 0 fully saturated rings. The first-order valence-electron chi connectivity index (χ1n) is 19.2. The minimum atomic E-state index is -2.93. The van der Waals surface area contributed by atoms with E-state index in [0.29, 0.717) is 11.1 Å². The summed E-state index contributed by atoms with van der Waals surface area (Å²) in [6.45, 7) is 0. The lowest BCUT2D eigenvalue weighted by Gasteiger charge is -2.40. The molecule has 0 N–H and O–H groups in total. The van der Waals surface area contributed by atoms with Crippen molar-refractivity contribution in [2.75, 3.05) is 0 Å². The van der Waals surface area contributed by atoms with Crippen LogP contribution in [-0.4, -0.2) is 27.2 Å². The molecule has 0 amide bonds. The fourth-order valence-corrected chi connectivity index (χ4v) is 16.4. The first kappa shape index (κ1) is 33.8. The van der Waals surface area contributed by atoms with Gasteiger partial charge in [0.05, 0.1) is 22.1 Å². The number of alkyl halides is 1. The molecule has 7 heteroatoms. The third kappa shape index (κ3) is 5.12. The Morgan fingerprint density at radius 2 is 1.32 bits per heavy atom. The number of hydrogen-bond acceptors (Lipinski definition) is 3. The van der Waals surface area contributed by atoms with Gasteiger partial charge in [0.1, 0.15) is 11.6 Å².